The van der Waals surface area contributed by atoms with Gasteiger partial charge >= 0.3 is 0 Å². The number of carbonyl (C=O) groups excluding carboxylic acids is 2. The molecular weight excluding hydrogens is 495 g/mol. The van der Waals surface area contributed by atoms with Gasteiger partial charge < -0.3 is 24.9 Å². The molecule has 0 spiro atoms. The van der Waals surface area contributed by atoms with E-state index < -0.39 is 11.8 Å². The van der Waals surface area contributed by atoms with E-state index in [4.69, 9.17) is 38.1 Å². The molecule has 1 aliphatic heterocycles. The maximum Gasteiger partial charge on any atom is 0.290 e. The first-order valence-corrected chi connectivity index (χ1v) is 11.9. The fraction of sp³-hybridized carbons (Fsp3) is 0.375. The number of carbonyl (C=O) groups is 2. The van der Waals surface area contributed by atoms with Gasteiger partial charge in [-0.3, -0.25) is 19.5 Å². The number of benzene rings is 1. The number of halogens is 2. The molecular formula is C24H26Cl2N4O5. The molecule has 2 amide bonds. The topological polar surface area (TPSA) is 122 Å². The van der Waals surface area contributed by atoms with E-state index >= 15 is 0 Å². The Bertz CT molecular complexity index is 1250. The number of furan rings is 1. The molecule has 3 aromatic rings. The number of aliphatic hydroxyl groups excluding tert-OH is 1. The number of pyridine rings is 1. The van der Waals surface area contributed by atoms with Crippen LogP contribution in [0.4, 0.5) is 0 Å². The first-order valence-electron chi connectivity index (χ1n) is 11.2. The second-order valence-corrected chi connectivity index (χ2v) is 9.06. The molecule has 0 aliphatic carbocycles. The number of nitrogens with zero attached hydrogens (tertiary/aromatic N) is 3. The number of hydrogen-bond acceptors (Lipinski definition) is 7. The third-order valence-corrected chi connectivity index (χ3v) is 6.96. The Labute approximate surface area is 212 Å². The van der Waals surface area contributed by atoms with Crippen LogP contribution < -0.4 is 10.5 Å². The van der Waals surface area contributed by atoms with E-state index in [-0.39, 0.29) is 39.6 Å². The standard InChI is InChI=1S/C24H26Cl2N4O5/c1-3-13(12-31)29-6-8-30(9-7-29)24(33)22-20(23(27)32)19-14(4-5-17(34-2)21(19)35-22)18-15(25)10-28-11-16(18)26/h4-5,10-11,13,31H,3,6-9,12H2,1-2H3,(H2,27,32). The number of nitrogens with two attached hydrogens (primary N) is 1. The number of amides is 2. The van der Waals surface area contributed by atoms with Gasteiger partial charge in [0.2, 0.25) is 5.76 Å². The predicted octanol–water partition coefficient (Wildman–Crippen LogP) is 3.44. The largest absolute Gasteiger partial charge is 0.493 e. The number of primary amides is 1. The predicted molar refractivity (Wildman–Crippen MR) is 133 cm³/mol. The molecule has 35 heavy (non-hydrogen) atoms. The van der Waals surface area contributed by atoms with Crippen molar-refractivity contribution in [3.63, 3.8) is 0 Å². The van der Waals surface area contributed by atoms with Crippen LogP contribution in [0, 0.1) is 0 Å². The van der Waals surface area contributed by atoms with Crippen molar-refractivity contribution in [3.8, 4) is 16.9 Å². The van der Waals surface area contributed by atoms with Crippen LogP contribution in [0.15, 0.2) is 28.9 Å². The summed E-state index contributed by atoms with van der Waals surface area (Å²) < 4.78 is 11.4. The minimum Gasteiger partial charge on any atom is -0.493 e. The normalized spacial score (nSPS) is 15.4. The second kappa shape index (κ2) is 10.4. The third-order valence-electron chi connectivity index (χ3n) is 6.39. The number of methoxy groups -OCH3 is 1. The summed E-state index contributed by atoms with van der Waals surface area (Å²) in [4.78, 5) is 34.0. The highest BCUT2D eigenvalue weighted by Crippen LogP contribution is 2.44. The molecule has 11 heteroatoms. The summed E-state index contributed by atoms with van der Waals surface area (Å²) in [5.74, 6) is -1.12. The van der Waals surface area contributed by atoms with Crippen molar-refractivity contribution in [2.75, 3.05) is 39.9 Å². The Balaban J connectivity index is 1.82. The number of rotatable bonds is 7. The Morgan fingerprint density at radius 1 is 1.20 bits per heavy atom. The maximum atomic E-state index is 13.5. The van der Waals surface area contributed by atoms with E-state index in [0.29, 0.717) is 48.4 Å². The van der Waals surface area contributed by atoms with Crippen LogP contribution in [-0.2, 0) is 0 Å². The SMILES string of the molecule is CCC(CO)N1CCN(C(=O)c2oc3c(OC)ccc(-c4c(Cl)cncc4Cl)c3c2C(N)=O)CC1. The molecule has 1 saturated heterocycles. The van der Waals surface area contributed by atoms with Gasteiger partial charge in [0.25, 0.3) is 11.8 Å². The Hall–Kier alpha value is -2.85. The number of aliphatic hydroxyl groups is 1. The lowest BCUT2D eigenvalue weighted by atomic mass is 9.98. The Kier molecular flexibility index (Phi) is 7.51. The molecule has 0 bridgehead atoms. The van der Waals surface area contributed by atoms with E-state index in [1.54, 1.807) is 17.0 Å². The van der Waals surface area contributed by atoms with Crippen molar-refractivity contribution < 1.29 is 23.8 Å². The van der Waals surface area contributed by atoms with E-state index in [1.807, 2.05) is 6.92 Å². The number of hydrogen-bond donors (Lipinski definition) is 2. The van der Waals surface area contributed by atoms with Crippen LogP contribution in [0.5, 0.6) is 5.75 Å². The first-order chi connectivity index (χ1) is 16.8. The third kappa shape index (κ3) is 4.56. The average Bonchev–Trinajstić information content (AvgIpc) is 3.26. The van der Waals surface area contributed by atoms with Gasteiger partial charge in [-0.05, 0) is 24.1 Å². The van der Waals surface area contributed by atoms with Gasteiger partial charge in [-0.2, -0.15) is 0 Å². The van der Waals surface area contributed by atoms with Crippen LogP contribution in [0.3, 0.4) is 0 Å². The minimum atomic E-state index is -0.826. The van der Waals surface area contributed by atoms with Gasteiger partial charge in [0.1, 0.15) is 0 Å². The van der Waals surface area contributed by atoms with E-state index in [9.17, 15) is 14.7 Å². The van der Waals surface area contributed by atoms with Gasteiger partial charge in [-0.25, -0.2) is 0 Å². The highest BCUT2D eigenvalue weighted by molar-refractivity contribution is 6.39. The van der Waals surface area contributed by atoms with Crippen molar-refractivity contribution in [3.05, 3.63) is 45.9 Å². The summed E-state index contributed by atoms with van der Waals surface area (Å²) in [6.07, 6.45) is 3.68. The highest BCUT2D eigenvalue weighted by Gasteiger charge is 2.33. The van der Waals surface area contributed by atoms with Crippen molar-refractivity contribution in [2.24, 2.45) is 5.73 Å². The zero-order chi connectivity index (χ0) is 25.3. The molecule has 1 unspecified atom stereocenters. The van der Waals surface area contributed by atoms with Crippen molar-refractivity contribution in [1.29, 1.82) is 0 Å². The molecule has 1 aliphatic rings. The van der Waals surface area contributed by atoms with E-state index in [1.165, 1.54) is 19.5 Å². The van der Waals surface area contributed by atoms with Gasteiger partial charge in [0, 0.05) is 55.6 Å². The molecule has 1 aromatic carbocycles. The fourth-order valence-corrected chi connectivity index (χ4v) is 5.11. The number of piperazine rings is 1. The van der Waals surface area contributed by atoms with Gasteiger partial charge in [0.15, 0.2) is 11.3 Å². The van der Waals surface area contributed by atoms with Crippen LogP contribution in [0.25, 0.3) is 22.1 Å². The summed E-state index contributed by atoms with van der Waals surface area (Å²) in [5, 5.41) is 10.4. The summed E-state index contributed by atoms with van der Waals surface area (Å²) >= 11 is 12.8. The molecule has 3 N–H and O–H groups in total. The molecule has 1 atom stereocenters. The van der Waals surface area contributed by atoms with Crippen LogP contribution >= 0.6 is 23.2 Å². The second-order valence-electron chi connectivity index (χ2n) is 8.24. The number of ether oxygens (including phenoxy) is 1. The zero-order valence-corrected chi connectivity index (χ0v) is 20.9. The Morgan fingerprint density at radius 3 is 2.40 bits per heavy atom. The average molecular weight is 521 g/mol. The molecule has 2 aromatic heterocycles. The smallest absolute Gasteiger partial charge is 0.290 e. The summed E-state index contributed by atoms with van der Waals surface area (Å²) in [6, 6.07) is 3.37. The highest BCUT2D eigenvalue weighted by atomic mass is 35.5. The number of fused-ring (bicyclic) bond motifs is 1. The van der Waals surface area contributed by atoms with Crippen LogP contribution in [-0.4, -0.2) is 77.6 Å². The summed E-state index contributed by atoms with van der Waals surface area (Å²) in [5.41, 5.74) is 6.81. The lowest BCUT2D eigenvalue weighted by molar-refractivity contribution is 0.0449. The van der Waals surface area contributed by atoms with Crippen molar-refractivity contribution in [1.82, 2.24) is 14.8 Å². The molecule has 9 nitrogen and oxygen atoms in total. The zero-order valence-electron chi connectivity index (χ0n) is 19.4. The van der Waals surface area contributed by atoms with E-state index in [0.717, 1.165) is 6.42 Å². The van der Waals surface area contributed by atoms with Crippen LogP contribution in [0.1, 0.15) is 34.3 Å². The van der Waals surface area contributed by atoms with Crippen LogP contribution in [0.2, 0.25) is 10.0 Å². The van der Waals surface area contributed by atoms with E-state index in [2.05, 4.69) is 9.88 Å². The van der Waals surface area contributed by atoms with Gasteiger partial charge in [-0.15, -0.1) is 0 Å². The molecule has 186 valence electrons. The maximum absolute atomic E-state index is 13.5. The number of aromatic nitrogens is 1. The van der Waals surface area contributed by atoms with Gasteiger partial charge in [0.05, 0.1) is 29.3 Å². The first kappa shape index (κ1) is 25.2. The summed E-state index contributed by atoms with van der Waals surface area (Å²) in [6.45, 7) is 4.08. The lowest BCUT2D eigenvalue weighted by Gasteiger charge is -2.38. The fourth-order valence-electron chi connectivity index (χ4n) is 4.54. The molecule has 1 fully saturated rings. The van der Waals surface area contributed by atoms with Crippen molar-refractivity contribution >= 4 is 46.0 Å². The Morgan fingerprint density at radius 2 is 1.86 bits per heavy atom. The molecule has 0 radical (unpaired) electrons. The molecule has 0 saturated carbocycles. The monoisotopic (exact) mass is 520 g/mol. The van der Waals surface area contributed by atoms with Crippen molar-refractivity contribution in [2.45, 2.75) is 19.4 Å². The van der Waals surface area contributed by atoms with Gasteiger partial charge in [-0.1, -0.05) is 30.1 Å². The summed E-state index contributed by atoms with van der Waals surface area (Å²) in [7, 11) is 1.46. The minimum absolute atomic E-state index is 0.0429. The molecule has 3 heterocycles. The molecule has 4 rings (SSSR count). The quantitative estimate of drug-likeness (QED) is 0.489. The lowest BCUT2D eigenvalue weighted by Crippen LogP contribution is -2.52.